The van der Waals surface area contributed by atoms with Gasteiger partial charge in [-0.1, -0.05) is 25.0 Å². The second-order valence-electron chi connectivity index (χ2n) is 5.84. The van der Waals surface area contributed by atoms with Gasteiger partial charge >= 0.3 is 0 Å². The lowest BCUT2D eigenvalue weighted by atomic mass is 9.86. The predicted molar refractivity (Wildman–Crippen MR) is 82.4 cm³/mol. The standard InChI is InChI=1S/C16H22N2O4/c19-15-7-2-1-5-13(15)11-17-16(20)9-8-12-4-3-6-14(10-12)18(21)22/h3-4,6,10,13,15,19H,1-2,5,7-9,11H2,(H,17,20)/t13-,15+/m1/s1. The third kappa shape index (κ3) is 4.80. The van der Waals surface area contributed by atoms with E-state index in [1.807, 2.05) is 0 Å². The van der Waals surface area contributed by atoms with Crippen LogP contribution in [0.5, 0.6) is 0 Å². The van der Waals surface area contributed by atoms with E-state index in [-0.39, 0.29) is 23.6 Å². The highest BCUT2D eigenvalue weighted by atomic mass is 16.6. The SMILES string of the molecule is O=C(CCc1cccc([N+](=O)[O-])c1)NC[C@H]1CCCC[C@@H]1O. The molecule has 1 aliphatic carbocycles. The molecule has 120 valence electrons. The van der Waals surface area contributed by atoms with E-state index in [0.29, 0.717) is 19.4 Å². The first kappa shape index (κ1) is 16.4. The summed E-state index contributed by atoms with van der Waals surface area (Å²) in [6.07, 6.45) is 4.38. The number of nitro groups is 1. The molecule has 1 aliphatic rings. The molecule has 0 heterocycles. The first-order chi connectivity index (χ1) is 10.6. The zero-order valence-corrected chi connectivity index (χ0v) is 12.5. The summed E-state index contributed by atoms with van der Waals surface area (Å²) in [6.45, 7) is 0.509. The van der Waals surface area contributed by atoms with Crippen molar-refractivity contribution in [2.45, 2.75) is 44.6 Å². The fourth-order valence-corrected chi connectivity index (χ4v) is 2.84. The maximum Gasteiger partial charge on any atom is 0.269 e. The van der Waals surface area contributed by atoms with Crippen LogP contribution in [0.15, 0.2) is 24.3 Å². The number of nitro benzene ring substituents is 1. The first-order valence-electron chi connectivity index (χ1n) is 7.74. The average molecular weight is 306 g/mol. The second-order valence-corrected chi connectivity index (χ2v) is 5.84. The van der Waals surface area contributed by atoms with Crippen LogP contribution < -0.4 is 5.32 Å². The van der Waals surface area contributed by atoms with Gasteiger partial charge in [-0.25, -0.2) is 0 Å². The molecule has 6 nitrogen and oxygen atoms in total. The number of aliphatic hydroxyl groups excluding tert-OH is 1. The number of rotatable bonds is 6. The summed E-state index contributed by atoms with van der Waals surface area (Å²) in [5, 5.41) is 23.4. The van der Waals surface area contributed by atoms with Crippen molar-refractivity contribution < 1.29 is 14.8 Å². The summed E-state index contributed by atoms with van der Waals surface area (Å²) in [7, 11) is 0. The van der Waals surface area contributed by atoms with Gasteiger partial charge in [0.2, 0.25) is 5.91 Å². The van der Waals surface area contributed by atoms with Gasteiger partial charge in [0.15, 0.2) is 0 Å². The molecule has 0 spiro atoms. The van der Waals surface area contributed by atoms with Crippen LogP contribution in [0.2, 0.25) is 0 Å². The van der Waals surface area contributed by atoms with Gasteiger partial charge in [-0.05, 0) is 24.8 Å². The molecule has 1 fully saturated rings. The maximum absolute atomic E-state index is 11.9. The van der Waals surface area contributed by atoms with Crippen molar-refractivity contribution in [2.24, 2.45) is 5.92 Å². The van der Waals surface area contributed by atoms with Gasteiger partial charge in [0.1, 0.15) is 0 Å². The summed E-state index contributed by atoms with van der Waals surface area (Å²) >= 11 is 0. The molecule has 0 unspecified atom stereocenters. The van der Waals surface area contributed by atoms with Gasteiger partial charge in [0, 0.05) is 31.0 Å². The van der Waals surface area contributed by atoms with E-state index in [0.717, 1.165) is 31.2 Å². The lowest BCUT2D eigenvalue weighted by Gasteiger charge is -2.27. The number of aliphatic hydroxyl groups is 1. The van der Waals surface area contributed by atoms with Crippen molar-refractivity contribution >= 4 is 11.6 Å². The lowest BCUT2D eigenvalue weighted by Crippen LogP contribution is -2.36. The van der Waals surface area contributed by atoms with Crippen molar-refractivity contribution in [3.8, 4) is 0 Å². The van der Waals surface area contributed by atoms with Gasteiger partial charge in [-0.15, -0.1) is 0 Å². The Morgan fingerprint density at radius 2 is 2.14 bits per heavy atom. The van der Waals surface area contributed by atoms with Crippen LogP contribution in [0.1, 0.15) is 37.7 Å². The molecule has 0 aliphatic heterocycles. The molecule has 0 radical (unpaired) electrons. The lowest BCUT2D eigenvalue weighted by molar-refractivity contribution is -0.384. The summed E-state index contributed by atoms with van der Waals surface area (Å²) in [6, 6.07) is 6.35. The molecule has 1 aromatic rings. The fourth-order valence-electron chi connectivity index (χ4n) is 2.84. The van der Waals surface area contributed by atoms with Crippen LogP contribution in [-0.4, -0.2) is 28.6 Å². The topological polar surface area (TPSA) is 92.5 Å². The molecule has 2 atom stereocenters. The highest BCUT2D eigenvalue weighted by Gasteiger charge is 2.23. The van der Waals surface area contributed by atoms with E-state index in [1.54, 1.807) is 12.1 Å². The summed E-state index contributed by atoms with van der Waals surface area (Å²) < 4.78 is 0. The Labute approximate surface area is 129 Å². The van der Waals surface area contributed by atoms with Crippen LogP contribution in [0.3, 0.4) is 0 Å². The normalized spacial score (nSPS) is 21.3. The molecule has 1 amide bonds. The van der Waals surface area contributed by atoms with Crippen LogP contribution in [-0.2, 0) is 11.2 Å². The number of amides is 1. The minimum Gasteiger partial charge on any atom is -0.393 e. The van der Waals surface area contributed by atoms with Crippen LogP contribution in [0.4, 0.5) is 5.69 Å². The predicted octanol–water partition coefficient (Wildman–Crippen LogP) is 2.19. The monoisotopic (exact) mass is 306 g/mol. The zero-order chi connectivity index (χ0) is 15.9. The van der Waals surface area contributed by atoms with Crippen LogP contribution in [0.25, 0.3) is 0 Å². The third-order valence-corrected chi connectivity index (χ3v) is 4.19. The second kappa shape index (κ2) is 7.89. The summed E-state index contributed by atoms with van der Waals surface area (Å²) in [5.74, 6) is 0.0693. The Balaban J connectivity index is 1.75. The van der Waals surface area contributed by atoms with E-state index in [9.17, 15) is 20.0 Å². The van der Waals surface area contributed by atoms with Crippen molar-refractivity contribution in [2.75, 3.05) is 6.54 Å². The smallest absolute Gasteiger partial charge is 0.269 e. The largest absolute Gasteiger partial charge is 0.393 e. The number of nitrogens with zero attached hydrogens (tertiary/aromatic N) is 1. The maximum atomic E-state index is 11.9. The Morgan fingerprint density at radius 1 is 1.36 bits per heavy atom. The van der Waals surface area contributed by atoms with Gasteiger partial charge in [0.25, 0.3) is 5.69 Å². The van der Waals surface area contributed by atoms with Gasteiger partial charge in [0.05, 0.1) is 11.0 Å². The van der Waals surface area contributed by atoms with Gasteiger partial charge in [-0.2, -0.15) is 0 Å². The molecule has 1 aromatic carbocycles. The minimum atomic E-state index is -0.436. The molecule has 6 heteroatoms. The number of aryl methyl sites for hydroxylation is 1. The number of hydrogen-bond donors (Lipinski definition) is 2. The number of benzene rings is 1. The third-order valence-electron chi connectivity index (χ3n) is 4.19. The number of carbonyl (C=O) groups is 1. The van der Waals surface area contributed by atoms with Crippen molar-refractivity contribution in [3.05, 3.63) is 39.9 Å². The van der Waals surface area contributed by atoms with Crippen molar-refractivity contribution in [3.63, 3.8) is 0 Å². The van der Waals surface area contributed by atoms with E-state index in [4.69, 9.17) is 0 Å². The molecule has 2 N–H and O–H groups in total. The van der Waals surface area contributed by atoms with Gasteiger partial charge in [-0.3, -0.25) is 14.9 Å². The highest BCUT2D eigenvalue weighted by molar-refractivity contribution is 5.76. The van der Waals surface area contributed by atoms with Crippen molar-refractivity contribution in [1.82, 2.24) is 5.32 Å². The summed E-state index contributed by atoms with van der Waals surface area (Å²) in [4.78, 5) is 22.1. The molecule has 0 saturated heterocycles. The van der Waals surface area contributed by atoms with Crippen LogP contribution in [0, 0.1) is 16.0 Å². The Kier molecular flexibility index (Phi) is 5.89. The van der Waals surface area contributed by atoms with E-state index in [2.05, 4.69) is 5.32 Å². The zero-order valence-electron chi connectivity index (χ0n) is 12.5. The molecule has 0 aromatic heterocycles. The molecular formula is C16H22N2O4. The number of hydrogen-bond acceptors (Lipinski definition) is 4. The van der Waals surface area contributed by atoms with E-state index < -0.39 is 4.92 Å². The highest BCUT2D eigenvalue weighted by Crippen LogP contribution is 2.23. The number of carbonyl (C=O) groups excluding carboxylic acids is 1. The molecule has 0 bridgehead atoms. The van der Waals surface area contributed by atoms with E-state index in [1.165, 1.54) is 12.1 Å². The Morgan fingerprint density at radius 3 is 2.86 bits per heavy atom. The molecule has 1 saturated carbocycles. The van der Waals surface area contributed by atoms with E-state index >= 15 is 0 Å². The molecule has 22 heavy (non-hydrogen) atoms. The Hall–Kier alpha value is -1.95. The molecule has 2 rings (SSSR count). The van der Waals surface area contributed by atoms with Gasteiger partial charge < -0.3 is 10.4 Å². The Bertz CT molecular complexity index is 533. The average Bonchev–Trinajstić information content (AvgIpc) is 2.52. The summed E-state index contributed by atoms with van der Waals surface area (Å²) in [5.41, 5.74) is 0.824. The molecular weight excluding hydrogens is 284 g/mol. The quantitative estimate of drug-likeness (QED) is 0.622. The van der Waals surface area contributed by atoms with Crippen molar-refractivity contribution in [1.29, 1.82) is 0 Å². The first-order valence-corrected chi connectivity index (χ1v) is 7.74. The number of nitrogens with one attached hydrogen (secondary N) is 1. The number of non-ortho nitro benzene ring substituents is 1. The minimum absolute atomic E-state index is 0.0447. The van der Waals surface area contributed by atoms with Crippen LogP contribution >= 0.6 is 0 Å². The fraction of sp³-hybridized carbons (Fsp3) is 0.562.